The Hall–Kier alpha value is -2.35. The molecule has 2 aliphatic rings. The molecule has 1 atom stereocenters. The molecule has 0 radical (unpaired) electrons. The van der Waals surface area contributed by atoms with Crippen LogP contribution < -0.4 is 10.2 Å². The van der Waals surface area contributed by atoms with Gasteiger partial charge in [-0.15, -0.1) is 5.10 Å². The maximum Gasteiger partial charge on any atom is 0.270 e. The van der Waals surface area contributed by atoms with E-state index in [0.29, 0.717) is 12.5 Å². The molecule has 1 aromatic carbocycles. The first-order valence-electron chi connectivity index (χ1n) is 8.96. The molecule has 1 aromatic rings. The molecule has 144 valence electrons. The van der Waals surface area contributed by atoms with Crippen LogP contribution >= 0.6 is 11.8 Å². The van der Waals surface area contributed by atoms with Crippen molar-refractivity contribution in [1.29, 1.82) is 0 Å². The molecule has 27 heavy (non-hydrogen) atoms. The third-order valence-corrected chi connectivity index (χ3v) is 5.89. The Balaban J connectivity index is 2.12. The number of anilines is 1. The predicted octanol–water partition coefficient (Wildman–Crippen LogP) is 2.54. The zero-order valence-corrected chi connectivity index (χ0v) is 17.0. The number of aryl methyl sites for hydroxylation is 1. The maximum atomic E-state index is 13.6. The number of benzene rings is 1. The number of nitrogens with zero attached hydrogens (tertiary/aromatic N) is 3. The molecule has 0 bridgehead atoms. The number of nitrogens with one attached hydrogen (secondary N) is 1. The van der Waals surface area contributed by atoms with E-state index < -0.39 is 4.87 Å². The highest BCUT2D eigenvalue weighted by Crippen LogP contribution is 2.55. The lowest BCUT2D eigenvalue weighted by molar-refractivity contribution is -0.139. The lowest BCUT2D eigenvalue weighted by atomic mass is 10.0. The highest BCUT2D eigenvalue weighted by Gasteiger charge is 2.61. The lowest BCUT2D eigenvalue weighted by Crippen LogP contribution is -2.48. The molecule has 0 aliphatic carbocycles. The molecule has 0 saturated carbocycles. The van der Waals surface area contributed by atoms with Crippen LogP contribution in [0.2, 0.25) is 0 Å². The molecule has 2 aliphatic heterocycles. The van der Waals surface area contributed by atoms with E-state index in [4.69, 9.17) is 0 Å². The van der Waals surface area contributed by atoms with Crippen molar-refractivity contribution in [3.05, 3.63) is 29.3 Å². The molecule has 0 saturated heterocycles. The van der Waals surface area contributed by atoms with Crippen LogP contribution in [0, 0.1) is 12.8 Å². The summed E-state index contributed by atoms with van der Waals surface area (Å²) in [5.41, 5.74) is 2.54. The Bertz CT molecular complexity index is 851. The van der Waals surface area contributed by atoms with Gasteiger partial charge in [0.2, 0.25) is 16.7 Å². The molecular formula is C19H24N4O3S. The van der Waals surface area contributed by atoms with E-state index in [9.17, 15) is 14.4 Å². The Morgan fingerprint density at radius 2 is 2.00 bits per heavy atom. The molecule has 8 heteroatoms. The van der Waals surface area contributed by atoms with Crippen molar-refractivity contribution in [2.75, 3.05) is 11.4 Å². The average Bonchev–Trinajstić information content (AvgIpc) is 3.05. The maximum absolute atomic E-state index is 13.6. The number of thioether (sulfide) groups is 1. The smallest absolute Gasteiger partial charge is 0.270 e. The first-order valence-corrected chi connectivity index (χ1v) is 9.78. The second kappa shape index (κ2) is 6.99. The first-order chi connectivity index (χ1) is 12.7. The quantitative estimate of drug-likeness (QED) is 0.863. The molecule has 3 amide bonds. The van der Waals surface area contributed by atoms with Gasteiger partial charge in [-0.1, -0.05) is 32.0 Å². The number of fused-ring (bicyclic) bond motifs is 2. The molecule has 2 heterocycles. The number of carbonyl (C=O) groups is 3. The molecule has 0 aromatic heterocycles. The number of hydrogen-bond donors (Lipinski definition) is 1. The topological polar surface area (TPSA) is 82.1 Å². The third-order valence-electron chi connectivity index (χ3n) is 4.65. The number of hydrazone groups is 1. The van der Waals surface area contributed by atoms with Crippen LogP contribution in [0.25, 0.3) is 0 Å². The standard InChI is InChI=1S/C19H24N4O3S/c1-11(2)9-10-22-16-12(3)7-6-8-15(16)19(17(22)26)23(14(5)25)21-18(27-19)20-13(4)24/h6-8,11H,9-10H2,1-5H3,(H,20,21,24)/t19-/m0/s1. The van der Waals surface area contributed by atoms with Gasteiger partial charge in [0, 0.05) is 26.0 Å². The minimum Gasteiger partial charge on any atom is -0.309 e. The van der Waals surface area contributed by atoms with Crippen molar-refractivity contribution >= 4 is 40.3 Å². The number of para-hydroxylation sites is 1. The van der Waals surface area contributed by atoms with E-state index in [0.717, 1.165) is 35.0 Å². The van der Waals surface area contributed by atoms with Gasteiger partial charge in [-0.3, -0.25) is 14.4 Å². The molecule has 3 rings (SSSR count). The van der Waals surface area contributed by atoms with Gasteiger partial charge in [0.05, 0.1) is 5.69 Å². The van der Waals surface area contributed by atoms with Gasteiger partial charge in [0.1, 0.15) is 0 Å². The number of carbonyl (C=O) groups excluding carboxylic acids is 3. The number of amidine groups is 1. The van der Waals surface area contributed by atoms with Crippen LogP contribution in [0.1, 0.15) is 45.2 Å². The minimum atomic E-state index is -1.30. The molecule has 1 spiro atoms. The highest BCUT2D eigenvalue weighted by molar-refractivity contribution is 8.15. The summed E-state index contributed by atoms with van der Waals surface area (Å²) in [5, 5.41) is 8.33. The van der Waals surface area contributed by atoms with Crippen LogP contribution in [0.3, 0.4) is 0 Å². The van der Waals surface area contributed by atoms with Crippen molar-refractivity contribution in [2.24, 2.45) is 11.0 Å². The van der Waals surface area contributed by atoms with Crippen LogP contribution in [-0.2, 0) is 19.3 Å². The summed E-state index contributed by atoms with van der Waals surface area (Å²) in [4.78, 5) is 38.0. The Morgan fingerprint density at radius 1 is 1.30 bits per heavy atom. The van der Waals surface area contributed by atoms with E-state index in [2.05, 4.69) is 24.3 Å². The number of hydrogen-bond acceptors (Lipinski definition) is 5. The molecule has 0 fully saturated rings. The van der Waals surface area contributed by atoms with E-state index in [1.807, 2.05) is 25.1 Å². The minimum absolute atomic E-state index is 0.197. The molecule has 1 N–H and O–H groups in total. The van der Waals surface area contributed by atoms with Crippen molar-refractivity contribution in [2.45, 2.75) is 45.9 Å². The van der Waals surface area contributed by atoms with E-state index in [1.54, 1.807) is 4.90 Å². The molecule has 0 unspecified atom stereocenters. The fourth-order valence-electron chi connectivity index (χ4n) is 3.45. The zero-order valence-electron chi connectivity index (χ0n) is 16.2. The van der Waals surface area contributed by atoms with Gasteiger partial charge in [-0.25, -0.2) is 0 Å². The fourth-order valence-corrected chi connectivity index (χ4v) is 4.78. The summed E-state index contributed by atoms with van der Waals surface area (Å²) >= 11 is 1.11. The second-order valence-electron chi connectivity index (χ2n) is 7.27. The van der Waals surface area contributed by atoms with E-state index in [1.165, 1.54) is 18.9 Å². The van der Waals surface area contributed by atoms with E-state index >= 15 is 0 Å². The molecular weight excluding hydrogens is 364 g/mol. The first kappa shape index (κ1) is 19.4. The summed E-state index contributed by atoms with van der Waals surface area (Å²) in [6, 6.07) is 5.70. The van der Waals surface area contributed by atoms with E-state index in [-0.39, 0.29) is 22.9 Å². The summed E-state index contributed by atoms with van der Waals surface area (Å²) in [7, 11) is 0. The highest BCUT2D eigenvalue weighted by atomic mass is 32.2. The zero-order chi connectivity index (χ0) is 19.9. The van der Waals surface area contributed by atoms with Crippen LogP contribution in [0.5, 0.6) is 0 Å². The summed E-state index contributed by atoms with van der Waals surface area (Å²) in [5.74, 6) is -0.410. The lowest BCUT2D eigenvalue weighted by Gasteiger charge is -2.29. The van der Waals surface area contributed by atoms with Crippen LogP contribution in [-0.4, -0.2) is 34.4 Å². The van der Waals surface area contributed by atoms with Gasteiger partial charge in [-0.05, 0) is 36.6 Å². The fraction of sp³-hybridized carbons (Fsp3) is 0.474. The van der Waals surface area contributed by atoms with Crippen molar-refractivity contribution in [1.82, 2.24) is 10.3 Å². The monoisotopic (exact) mass is 388 g/mol. The van der Waals surface area contributed by atoms with Gasteiger partial charge in [0.25, 0.3) is 5.91 Å². The Morgan fingerprint density at radius 3 is 2.59 bits per heavy atom. The third kappa shape index (κ3) is 3.12. The largest absolute Gasteiger partial charge is 0.309 e. The number of rotatable bonds is 3. The normalized spacial score (nSPS) is 21.1. The molecule has 7 nitrogen and oxygen atoms in total. The summed E-state index contributed by atoms with van der Waals surface area (Å²) in [6.07, 6.45) is 0.847. The van der Waals surface area contributed by atoms with Crippen molar-refractivity contribution < 1.29 is 14.4 Å². The van der Waals surface area contributed by atoms with Gasteiger partial charge in [0.15, 0.2) is 5.17 Å². The van der Waals surface area contributed by atoms with Gasteiger partial charge < -0.3 is 10.2 Å². The summed E-state index contributed by atoms with van der Waals surface area (Å²) in [6.45, 7) is 9.50. The van der Waals surface area contributed by atoms with Gasteiger partial charge >= 0.3 is 0 Å². The summed E-state index contributed by atoms with van der Waals surface area (Å²) < 4.78 is 0. The average molecular weight is 388 g/mol. The van der Waals surface area contributed by atoms with Crippen molar-refractivity contribution in [3.63, 3.8) is 0 Å². The van der Waals surface area contributed by atoms with Crippen LogP contribution in [0.15, 0.2) is 23.3 Å². The Labute approximate surface area is 163 Å². The number of amides is 3. The van der Waals surface area contributed by atoms with Crippen LogP contribution in [0.4, 0.5) is 5.69 Å². The SMILES string of the molecule is CC(=O)NC1=NN(C(C)=O)[C@@]2(S1)C(=O)N(CCC(C)C)c1c(C)cccc12. The van der Waals surface area contributed by atoms with Gasteiger partial charge in [-0.2, -0.15) is 5.01 Å². The Kier molecular flexibility index (Phi) is 5.03. The van der Waals surface area contributed by atoms with Crippen molar-refractivity contribution in [3.8, 4) is 0 Å². The second-order valence-corrected chi connectivity index (χ2v) is 8.46. The predicted molar refractivity (Wildman–Crippen MR) is 106 cm³/mol.